The zero-order chi connectivity index (χ0) is 45.5. The molecule has 64 heavy (non-hydrogen) atoms. The summed E-state index contributed by atoms with van der Waals surface area (Å²) in [5.41, 5.74) is 6.49. The van der Waals surface area contributed by atoms with Crippen LogP contribution in [0, 0.1) is 41.5 Å². The van der Waals surface area contributed by atoms with Crippen LogP contribution in [0.1, 0.15) is 114 Å². The molecule has 16 heteroatoms. The predicted molar refractivity (Wildman–Crippen MR) is 261 cm³/mol. The van der Waals surface area contributed by atoms with Gasteiger partial charge in [-0.05, 0) is 106 Å². The first kappa shape index (κ1) is 43.2. The summed E-state index contributed by atoms with van der Waals surface area (Å²) in [5, 5.41) is 5.26. The van der Waals surface area contributed by atoms with E-state index in [1.165, 1.54) is 61.6 Å². The number of aryl methyl sites for hydroxylation is 4. The van der Waals surface area contributed by atoms with E-state index in [9.17, 15) is 28.8 Å². The van der Waals surface area contributed by atoms with Gasteiger partial charge < -0.3 is 0 Å². The highest BCUT2D eigenvalue weighted by molar-refractivity contribution is 7.29. The molecule has 2 atom stereocenters. The van der Waals surface area contributed by atoms with Gasteiger partial charge in [0.2, 0.25) is 10.0 Å². The summed E-state index contributed by atoms with van der Waals surface area (Å²) in [6.45, 7) is 13.4. The molecule has 2 aromatic carbocycles. The first-order valence-corrected chi connectivity index (χ1v) is 25.4. The van der Waals surface area contributed by atoms with Gasteiger partial charge in [0.1, 0.15) is 11.1 Å². The molecule has 8 heterocycles. The number of thiophene rings is 5. The Morgan fingerprint density at radius 1 is 0.531 bits per heavy atom. The number of carbonyl (C=O) groups excluding carboxylic acids is 6. The zero-order valence-corrected chi connectivity index (χ0v) is 41.1. The molecule has 9 nitrogen and oxygen atoms in total. The molecule has 0 saturated heterocycles. The number of benzene rings is 2. The van der Waals surface area contributed by atoms with E-state index < -0.39 is 32.6 Å². The second-order valence-electron chi connectivity index (χ2n) is 16.4. The highest BCUT2D eigenvalue weighted by atomic mass is 35.5. The topological polar surface area (TPSA) is 106 Å². The number of nitrogens with zero attached hydrogens (tertiary/aromatic N) is 3. The van der Waals surface area contributed by atoms with Crippen LogP contribution >= 0.6 is 79.9 Å². The van der Waals surface area contributed by atoms with Gasteiger partial charge in [0.15, 0.2) is 21.1 Å². The second kappa shape index (κ2) is 15.2. The van der Waals surface area contributed by atoms with E-state index in [2.05, 4.69) is 0 Å². The van der Waals surface area contributed by atoms with Gasteiger partial charge in [0, 0.05) is 40.9 Å². The monoisotopic (exact) mass is 981 g/mol. The van der Waals surface area contributed by atoms with Crippen molar-refractivity contribution in [1.82, 2.24) is 13.9 Å². The molecule has 10 rings (SSSR count). The first-order valence-electron chi connectivity index (χ1n) is 20.4. The van der Waals surface area contributed by atoms with Crippen molar-refractivity contribution in [2.24, 2.45) is 0 Å². The van der Waals surface area contributed by atoms with Crippen LogP contribution in [0.5, 0.6) is 0 Å². The predicted octanol–water partition coefficient (Wildman–Crippen LogP) is 14.1. The van der Waals surface area contributed by atoms with Crippen molar-refractivity contribution in [3.05, 3.63) is 135 Å². The number of hydrogen-bond acceptors (Lipinski definition) is 11. The lowest BCUT2D eigenvalue weighted by atomic mass is 10.0. The number of fused-ring (bicyclic) bond motifs is 3. The number of amides is 6. The fourth-order valence-electron chi connectivity index (χ4n) is 9.83. The molecule has 0 N–H and O–H groups in total. The van der Waals surface area contributed by atoms with E-state index in [0.29, 0.717) is 89.4 Å². The number of unbranched alkanes of at least 4 members (excludes halogenated alkanes) is 1. The lowest BCUT2D eigenvalue weighted by Gasteiger charge is -2.29. The maximum absolute atomic E-state index is 14.8. The van der Waals surface area contributed by atoms with Crippen LogP contribution in [0.4, 0.5) is 21.4 Å². The zero-order valence-electron chi connectivity index (χ0n) is 35.5. The fourth-order valence-corrected chi connectivity index (χ4v) is 15.6. The van der Waals surface area contributed by atoms with Crippen molar-refractivity contribution in [2.45, 2.75) is 61.3 Å². The van der Waals surface area contributed by atoms with Crippen LogP contribution in [0.15, 0.2) is 59.3 Å². The maximum Gasteiger partial charge on any atom is 0.375 e. The molecule has 3 aliphatic rings. The average molecular weight is 983 g/mol. The smallest absolute Gasteiger partial charge is 0.274 e. The Balaban J connectivity index is 1.17. The van der Waals surface area contributed by atoms with Gasteiger partial charge in [-0.1, -0.05) is 59.2 Å². The lowest BCUT2D eigenvalue weighted by molar-refractivity contribution is 0.0648. The molecular formula is C48H37Cl2N3O6S5+2. The number of imide groups is 3. The SMILES string of the molecule is CCCCN1C(=O)c2c(-c3ccc([N+]4(c5c(C)cc(C)c(Cl)c5C)C(=O)c5ccsc5C4=O)s3)sc(-c3ccc([N+]4(c5c(C)cc(C)c(Cl)c5C)C(=O)c5ccsc5C4=O)s3)c2C1=O. The number of hydrogen-bond donors (Lipinski definition) is 0. The van der Waals surface area contributed by atoms with Crippen molar-refractivity contribution in [2.75, 3.05) is 6.54 Å². The summed E-state index contributed by atoms with van der Waals surface area (Å²) in [7, 11) is 0. The quantitative estimate of drug-likeness (QED) is 0.105. The fraction of sp³-hybridized carbons (Fsp3) is 0.208. The van der Waals surface area contributed by atoms with Gasteiger partial charge in [-0.2, -0.15) is 0 Å². The molecule has 322 valence electrons. The van der Waals surface area contributed by atoms with E-state index in [4.69, 9.17) is 23.2 Å². The molecule has 0 saturated carbocycles. The van der Waals surface area contributed by atoms with Gasteiger partial charge in [0.25, 0.3) is 11.8 Å². The largest absolute Gasteiger partial charge is 0.375 e. The van der Waals surface area contributed by atoms with E-state index >= 15 is 0 Å². The number of rotatable bonds is 9. The molecule has 3 aliphatic heterocycles. The van der Waals surface area contributed by atoms with E-state index in [0.717, 1.165) is 28.7 Å². The van der Waals surface area contributed by atoms with Crippen LogP contribution in [-0.4, -0.2) is 46.9 Å². The number of quaternary nitrogens is 2. The normalized spacial score (nSPS) is 19.2. The molecule has 0 spiro atoms. The lowest BCUT2D eigenvalue weighted by Crippen LogP contribution is -2.50. The van der Waals surface area contributed by atoms with Crippen molar-refractivity contribution in [3.63, 3.8) is 0 Å². The van der Waals surface area contributed by atoms with Crippen molar-refractivity contribution in [3.8, 4) is 19.5 Å². The molecule has 6 amide bonds. The summed E-state index contributed by atoms with van der Waals surface area (Å²) >= 11 is 19.9. The molecule has 0 aliphatic carbocycles. The Labute approximate surface area is 398 Å². The average Bonchev–Trinajstić information content (AvgIpc) is 4.13. The summed E-state index contributed by atoms with van der Waals surface area (Å²) in [5.74, 6) is -2.39. The molecule has 2 unspecified atom stereocenters. The molecule has 5 aromatic heterocycles. The Kier molecular flexibility index (Phi) is 10.2. The number of halogens is 2. The van der Waals surface area contributed by atoms with Crippen LogP contribution in [-0.2, 0) is 0 Å². The molecule has 7 aromatic rings. The summed E-state index contributed by atoms with van der Waals surface area (Å²) < 4.78 is -1.44. The third-order valence-corrected chi connectivity index (χ3v) is 19.4. The maximum atomic E-state index is 14.8. The van der Waals surface area contributed by atoms with Crippen LogP contribution in [0.2, 0.25) is 10.0 Å². The highest BCUT2D eigenvalue weighted by Gasteiger charge is 2.62. The Morgan fingerprint density at radius 2 is 0.953 bits per heavy atom. The minimum absolute atomic E-state index is 0.230. The van der Waals surface area contributed by atoms with Gasteiger partial charge in [-0.3, -0.25) is 14.5 Å². The third-order valence-electron chi connectivity index (χ3n) is 12.6. The summed E-state index contributed by atoms with van der Waals surface area (Å²) in [4.78, 5) is 92.7. The standard InChI is InChI=1S/C48H37Cl2N3O6S5/c1-8-9-16-51-43(54)33-34(44(51)55)42(30-11-13-32(63-30)53(38-24(5)20-22(3)36(50)26(38)7)46(57)28-15-18-61-40(28)48(53)59)64-41(33)29-10-12-31(62-29)52(37-23(4)19-21(2)35(49)25(37)6)45(56)27-14-17-60-39(27)47(52)58/h10-15,17-20H,8-9,16H2,1-7H3/q+2. The third kappa shape index (κ3) is 5.52. The molecule has 0 radical (unpaired) electrons. The summed E-state index contributed by atoms with van der Waals surface area (Å²) in [6.07, 6.45) is 1.37. The Morgan fingerprint density at radius 3 is 1.34 bits per heavy atom. The minimum Gasteiger partial charge on any atom is -0.274 e. The number of carbonyl (C=O) groups is 6. The van der Waals surface area contributed by atoms with Crippen LogP contribution < -0.4 is 8.97 Å². The molecule has 0 bridgehead atoms. The van der Waals surface area contributed by atoms with Crippen LogP contribution in [0.25, 0.3) is 19.5 Å². The van der Waals surface area contributed by atoms with Crippen molar-refractivity contribution < 1.29 is 28.8 Å². The van der Waals surface area contributed by atoms with Gasteiger partial charge >= 0.3 is 23.6 Å². The minimum atomic E-state index is -0.718. The van der Waals surface area contributed by atoms with E-state index in [1.807, 2.05) is 72.7 Å². The van der Waals surface area contributed by atoms with Crippen molar-refractivity contribution >= 4 is 137 Å². The van der Waals surface area contributed by atoms with Gasteiger partial charge in [-0.15, -0.1) is 43.0 Å². The van der Waals surface area contributed by atoms with E-state index in [1.54, 1.807) is 35.0 Å². The first-order chi connectivity index (χ1) is 30.5. The highest BCUT2D eigenvalue weighted by Crippen LogP contribution is 2.58. The Hall–Kier alpha value is -4.74. The van der Waals surface area contributed by atoms with Crippen LogP contribution in [0.3, 0.4) is 0 Å². The molecular weight excluding hydrogens is 946 g/mol. The Bertz CT molecular complexity index is 3040. The second-order valence-corrected chi connectivity index (χ2v) is 22.1. The van der Waals surface area contributed by atoms with Gasteiger partial charge in [-0.25, -0.2) is 19.2 Å². The molecule has 0 fully saturated rings. The van der Waals surface area contributed by atoms with Gasteiger partial charge in [0.05, 0.1) is 40.7 Å². The summed E-state index contributed by atoms with van der Waals surface area (Å²) in [6, 6.07) is 14.3. The van der Waals surface area contributed by atoms with E-state index in [-0.39, 0.29) is 29.5 Å². The van der Waals surface area contributed by atoms with Crippen molar-refractivity contribution in [1.29, 1.82) is 0 Å².